The minimum atomic E-state index is -3.99. The van der Waals surface area contributed by atoms with Gasteiger partial charge in [-0.15, -0.1) is 0 Å². The lowest BCUT2D eigenvalue weighted by Gasteiger charge is -2.23. The summed E-state index contributed by atoms with van der Waals surface area (Å²) >= 11 is 0. The predicted molar refractivity (Wildman–Crippen MR) is 111 cm³/mol. The number of hydrogen-bond acceptors (Lipinski definition) is 5. The molecule has 1 aliphatic carbocycles. The molecule has 2 aromatic carbocycles. The van der Waals surface area contributed by atoms with Gasteiger partial charge in [0.15, 0.2) is 9.84 Å². The van der Waals surface area contributed by atoms with Gasteiger partial charge in [0.1, 0.15) is 0 Å². The molecule has 0 bridgehead atoms. The number of carbonyl (C=O) groups excluding carboxylic acids is 1. The Bertz CT molecular complexity index is 1090. The standard InChI is InChI=1S/C20H24N2O5S2/c1-28(24,25)16-11-13-17(14-12-16)29(26,27)22-19-10-6-5-9-18(19)20(23)21-15-7-3-2-4-8-15/h5-6,9-15,22H,2-4,7-8H2,1H3,(H,21,23). The van der Waals surface area contributed by atoms with Crippen LogP contribution in [0.2, 0.25) is 0 Å². The Hall–Kier alpha value is -2.39. The third kappa shape index (κ3) is 5.36. The Morgan fingerprint density at radius 3 is 2.07 bits per heavy atom. The van der Waals surface area contributed by atoms with E-state index in [-0.39, 0.29) is 33.0 Å². The van der Waals surface area contributed by atoms with Crippen molar-refractivity contribution in [3.8, 4) is 0 Å². The Morgan fingerprint density at radius 1 is 0.862 bits per heavy atom. The van der Waals surface area contributed by atoms with Crippen LogP contribution in [0.1, 0.15) is 42.5 Å². The molecule has 2 aromatic rings. The first-order chi connectivity index (χ1) is 13.7. The van der Waals surface area contributed by atoms with Crippen LogP contribution in [0.25, 0.3) is 0 Å². The lowest BCUT2D eigenvalue weighted by Crippen LogP contribution is -2.36. The zero-order valence-corrected chi connectivity index (χ0v) is 17.7. The van der Waals surface area contributed by atoms with Gasteiger partial charge in [0, 0.05) is 12.3 Å². The molecule has 0 spiro atoms. The second-order valence-corrected chi connectivity index (χ2v) is 10.9. The third-order valence-corrected chi connectivity index (χ3v) is 7.43. The van der Waals surface area contributed by atoms with Crippen molar-refractivity contribution in [1.82, 2.24) is 5.32 Å². The van der Waals surface area contributed by atoms with E-state index in [2.05, 4.69) is 10.0 Å². The van der Waals surface area contributed by atoms with E-state index < -0.39 is 19.9 Å². The molecule has 0 unspecified atom stereocenters. The van der Waals surface area contributed by atoms with Crippen LogP contribution in [-0.4, -0.2) is 35.0 Å². The van der Waals surface area contributed by atoms with Gasteiger partial charge in [-0.3, -0.25) is 9.52 Å². The van der Waals surface area contributed by atoms with E-state index in [0.29, 0.717) is 0 Å². The predicted octanol–water partition coefficient (Wildman–Crippen LogP) is 2.95. The van der Waals surface area contributed by atoms with Gasteiger partial charge in [-0.1, -0.05) is 31.4 Å². The second-order valence-electron chi connectivity index (χ2n) is 7.20. The topological polar surface area (TPSA) is 109 Å². The van der Waals surface area contributed by atoms with Gasteiger partial charge in [0.05, 0.1) is 21.0 Å². The Kier molecular flexibility index (Phi) is 6.28. The van der Waals surface area contributed by atoms with Gasteiger partial charge in [0.2, 0.25) is 0 Å². The Labute approximate surface area is 171 Å². The molecular weight excluding hydrogens is 412 g/mol. The molecule has 0 saturated heterocycles. The molecule has 29 heavy (non-hydrogen) atoms. The molecule has 1 aliphatic rings. The van der Waals surface area contributed by atoms with Crippen molar-refractivity contribution in [1.29, 1.82) is 0 Å². The highest BCUT2D eigenvalue weighted by molar-refractivity contribution is 7.92. The largest absolute Gasteiger partial charge is 0.349 e. The van der Waals surface area contributed by atoms with E-state index in [1.54, 1.807) is 18.2 Å². The number of benzene rings is 2. The van der Waals surface area contributed by atoms with Crippen molar-refractivity contribution in [2.75, 3.05) is 11.0 Å². The quantitative estimate of drug-likeness (QED) is 0.724. The summed E-state index contributed by atoms with van der Waals surface area (Å²) in [6.45, 7) is 0. The first-order valence-electron chi connectivity index (χ1n) is 9.40. The van der Waals surface area contributed by atoms with Crippen LogP contribution >= 0.6 is 0 Å². The van der Waals surface area contributed by atoms with Gasteiger partial charge < -0.3 is 5.32 Å². The van der Waals surface area contributed by atoms with Crippen LogP contribution in [0.15, 0.2) is 58.3 Å². The molecule has 0 radical (unpaired) electrons. The van der Waals surface area contributed by atoms with Gasteiger partial charge in [-0.25, -0.2) is 16.8 Å². The summed E-state index contributed by atoms with van der Waals surface area (Å²) < 4.78 is 51.0. The number of para-hydroxylation sites is 1. The van der Waals surface area contributed by atoms with Crippen molar-refractivity contribution < 1.29 is 21.6 Å². The van der Waals surface area contributed by atoms with Crippen molar-refractivity contribution >= 4 is 31.5 Å². The molecule has 9 heteroatoms. The number of carbonyl (C=O) groups is 1. The molecule has 0 heterocycles. The molecule has 0 atom stereocenters. The van der Waals surface area contributed by atoms with E-state index in [9.17, 15) is 21.6 Å². The van der Waals surface area contributed by atoms with E-state index in [4.69, 9.17) is 0 Å². The van der Waals surface area contributed by atoms with Crippen molar-refractivity contribution in [3.05, 3.63) is 54.1 Å². The molecule has 2 N–H and O–H groups in total. The van der Waals surface area contributed by atoms with Crippen LogP contribution in [0.3, 0.4) is 0 Å². The van der Waals surface area contributed by atoms with Crippen molar-refractivity contribution in [3.63, 3.8) is 0 Å². The highest BCUT2D eigenvalue weighted by Gasteiger charge is 2.22. The fourth-order valence-electron chi connectivity index (χ4n) is 3.35. The number of rotatable bonds is 6. The van der Waals surface area contributed by atoms with Gasteiger partial charge in [-0.05, 0) is 49.2 Å². The van der Waals surface area contributed by atoms with Crippen molar-refractivity contribution in [2.45, 2.75) is 47.9 Å². The molecule has 1 amide bonds. The summed E-state index contributed by atoms with van der Waals surface area (Å²) in [4.78, 5) is 12.6. The average molecular weight is 437 g/mol. The maximum atomic E-state index is 12.7. The first-order valence-corrected chi connectivity index (χ1v) is 12.8. The highest BCUT2D eigenvalue weighted by Crippen LogP contribution is 2.23. The van der Waals surface area contributed by atoms with E-state index in [1.165, 1.54) is 36.8 Å². The van der Waals surface area contributed by atoms with Crippen molar-refractivity contribution in [2.24, 2.45) is 0 Å². The molecule has 1 saturated carbocycles. The second kappa shape index (κ2) is 8.54. The smallest absolute Gasteiger partial charge is 0.261 e. The van der Waals surface area contributed by atoms with Crippen LogP contribution in [0, 0.1) is 0 Å². The maximum Gasteiger partial charge on any atom is 0.261 e. The van der Waals surface area contributed by atoms with Crippen LogP contribution in [0.5, 0.6) is 0 Å². The fraction of sp³-hybridized carbons (Fsp3) is 0.350. The summed E-state index contributed by atoms with van der Waals surface area (Å²) in [5.41, 5.74) is 0.419. The molecule has 1 fully saturated rings. The van der Waals surface area contributed by atoms with Gasteiger partial charge in [-0.2, -0.15) is 0 Å². The zero-order valence-electron chi connectivity index (χ0n) is 16.1. The number of nitrogens with one attached hydrogen (secondary N) is 2. The van der Waals surface area contributed by atoms with Gasteiger partial charge in [0.25, 0.3) is 15.9 Å². The van der Waals surface area contributed by atoms with Crippen LogP contribution < -0.4 is 10.0 Å². The molecule has 0 aromatic heterocycles. The minimum Gasteiger partial charge on any atom is -0.349 e. The number of sulfone groups is 1. The number of amides is 1. The first kappa shape index (κ1) is 21.3. The summed E-state index contributed by atoms with van der Waals surface area (Å²) in [7, 11) is -7.41. The molecule has 0 aliphatic heterocycles. The molecule has 7 nitrogen and oxygen atoms in total. The van der Waals surface area contributed by atoms with Crippen LogP contribution in [-0.2, 0) is 19.9 Å². The Balaban J connectivity index is 1.81. The van der Waals surface area contributed by atoms with E-state index in [0.717, 1.165) is 31.9 Å². The summed E-state index contributed by atoms with van der Waals surface area (Å²) in [5, 5.41) is 2.98. The number of anilines is 1. The monoisotopic (exact) mass is 436 g/mol. The maximum absolute atomic E-state index is 12.7. The van der Waals surface area contributed by atoms with E-state index >= 15 is 0 Å². The van der Waals surface area contributed by atoms with Crippen LogP contribution in [0.4, 0.5) is 5.69 Å². The average Bonchev–Trinajstić information content (AvgIpc) is 2.68. The lowest BCUT2D eigenvalue weighted by atomic mass is 9.95. The highest BCUT2D eigenvalue weighted by atomic mass is 32.2. The zero-order chi connectivity index (χ0) is 21.1. The lowest BCUT2D eigenvalue weighted by molar-refractivity contribution is 0.0928. The molecular formula is C20H24N2O5S2. The summed E-state index contributed by atoms with van der Waals surface area (Å²) in [6.07, 6.45) is 6.21. The third-order valence-electron chi connectivity index (χ3n) is 4.92. The minimum absolute atomic E-state index is 0.0312. The number of hydrogen-bond donors (Lipinski definition) is 2. The normalized spacial score (nSPS) is 15.6. The summed E-state index contributed by atoms with van der Waals surface area (Å²) in [6, 6.07) is 11.5. The fourth-order valence-corrected chi connectivity index (χ4v) is 5.06. The SMILES string of the molecule is CS(=O)(=O)c1ccc(S(=O)(=O)Nc2ccccc2C(=O)NC2CCCCC2)cc1. The van der Waals surface area contributed by atoms with E-state index in [1.807, 2.05) is 0 Å². The molecule has 156 valence electrons. The molecule has 3 rings (SSSR count). The number of sulfonamides is 1. The van der Waals surface area contributed by atoms with Gasteiger partial charge >= 0.3 is 0 Å². The summed E-state index contributed by atoms with van der Waals surface area (Å²) in [5.74, 6) is -0.317. The Morgan fingerprint density at radius 2 is 1.45 bits per heavy atom.